The van der Waals surface area contributed by atoms with Crippen molar-refractivity contribution < 1.29 is 19.8 Å². The van der Waals surface area contributed by atoms with E-state index in [1.165, 1.54) is 16.8 Å². The molecule has 1 aromatic heterocycles. The summed E-state index contributed by atoms with van der Waals surface area (Å²) in [7, 11) is 0. The van der Waals surface area contributed by atoms with E-state index in [9.17, 15) is 9.59 Å². The molecule has 2 aromatic rings. The summed E-state index contributed by atoms with van der Waals surface area (Å²) in [4.78, 5) is 21.9. The third-order valence-electron chi connectivity index (χ3n) is 3.27. The Kier molecular flexibility index (Phi) is 2.70. The summed E-state index contributed by atoms with van der Waals surface area (Å²) >= 11 is 0. The van der Waals surface area contributed by atoms with Gasteiger partial charge in [-0.05, 0) is 35.0 Å². The zero-order valence-corrected chi connectivity index (χ0v) is 10.2. The molecule has 1 aromatic carbocycles. The summed E-state index contributed by atoms with van der Waals surface area (Å²) in [6.07, 6.45) is 0.494. The first-order valence-corrected chi connectivity index (χ1v) is 5.92. The summed E-state index contributed by atoms with van der Waals surface area (Å²) in [6, 6.07) is 6.17. The third-order valence-corrected chi connectivity index (χ3v) is 3.27. The van der Waals surface area contributed by atoms with Gasteiger partial charge in [0.1, 0.15) is 0 Å². The topological polar surface area (TPSA) is 118 Å². The number of benzene rings is 1. The van der Waals surface area contributed by atoms with Crippen molar-refractivity contribution in [2.24, 2.45) is 5.92 Å². The van der Waals surface area contributed by atoms with Crippen LogP contribution in [-0.4, -0.2) is 42.4 Å². The lowest BCUT2D eigenvalue weighted by molar-refractivity contribution is -0.138. The van der Waals surface area contributed by atoms with Crippen LogP contribution >= 0.6 is 0 Å². The molecule has 2 unspecified atom stereocenters. The molecule has 0 saturated heterocycles. The van der Waals surface area contributed by atoms with Crippen LogP contribution in [0.25, 0.3) is 5.69 Å². The molecule has 20 heavy (non-hydrogen) atoms. The van der Waals surface area contributed by atoms with Gasteiger partial charge in [0.25, 0.3) is 0 Å². The van der Waals surface area contributed by atoms with Crippen LogP contribution in [0.4, 0.5) is 0 Å². The molecule has 2 N–H and O–H groups in total. The second-order valence-electron chi connectivity index (χ2n) is 4.59. The van der Waals surface area contributed by atoms with Crippen molar-refractivity contribution in [3.63, 3.8) is 0 Å². The fraction of sp³-hybridized carbons (Fsp3) is 0.250. The standard InChI is InChI=1S/C12H10N4O4/c17-11(18)6-2-1-3-7(4-6)16-10(13-14-15-16)8-5-9(8)12(19)20/h1-4,8-9H,5H2,(H,17,18)(H,19,20). The minimum Gasteiger partial charge on any atom is -0.481 e. The number of aliphatic carboxylic acids is 1. The van der Waals surface area contributed by atoms with Crippen LogP contribution in [0.15, 0.2) is 24.3 Å². The molecular formula is C12H10N4O4. The number of carboxylic acids is 2. The highest BCUT2D eigenvalue weighted by atomic mass is 16.4. The maximum absolute atomic E-state index is 11.0. The highest BCUT2D eigenvalue weighted by Gasteiger charge is 2.47. The van der Waals surface area contributed by atoms with Crippen LogP contribution in [0.2, 0.25) is 0 Å². The van der Waals surface area contributed by atoms with E-state index >= 15 is 0 Å². The van der Waals surface area contributed by atoms with E-state index in [-0.39, 0.29) is 11.5 Å². The lowest BCUT2D eigenvalue weighted by Gasteiger charge is -2.04. The molecule has 1 aliphatic carbocycles. The van der Waals surface area contributed by atoms with E-state index in [0.717, 1.165) is 0 Å². The Labute approximate surface area is 112 Å². The maximum Gasteiger partial charge on any atom is 0.335 e. The number of tetrazole rings is 1. The Morgan fingerprint density at radius 2 is 2.10 bits per heavy atom. The normalized spacial score (nSPS) is 20.6. The van der Waals surface area contributed by atoms with Crippen molar-refractivity contribution in [1.82, 2.24) is 20.2 Å². The largest absolute Gasteiger partial charge is 0.481 e. The van der Waals surface area contributed by atoms with E-state index in [1.807, 2.05) is 0 Å². The van der Waals surface area contributed by atoms with Gasteiger partial charge in [0.2, 0.25) is 0 Å². The Balaban J connectivity index is 1.96. The van der Waals surface area contributed by atoms with Gasteiger partial charge in [-0.15, -0.1) is 5.10 Å². The number of aromatic carboxylic acids is 1. The smallest absolute Gasteiger partial charge is 0.335 e. The van der Waals surface area contributed by atoms with Crippen LogP contribution in [0, 0.1) is 5.92 Å². The molecule has 1 fully saturated rings. The van der Waals surface area contributed by atoms with Crippen LogP contribution in [0.3, 0.4) is 0 Å². The van der Waals surface area contributed by atoms with Gasteiger partial charge in [-0.2, -0.15) is 4.68 Å². The molecule has 0 bridgehead atoms. The summed E-state index contributed by atoms with van der Waals surface area (Å²) in [6.45, 7) is 0. The lowest BCUT2D eigenvalue weighted by atomic mass is 10.2. The van der Waals surface area contributed by atoms with E-state index in [1.54, 1.807) is 12.1 Å². The molecule has 2 atom stereocenters. The first-order chi connectivity index (χ1) is 9.58. The van der Waals surface area contributed by atoms with Gasteiger partial charge in [-0.1, -0.05) is 6.07 Å². The quantitative estimate of drug-likeness (QED) is 0.835. The molecular weight excluding hydrogens is 264 g/mol. The van der Waals surface area contributed by atoms with Gasteiger partial charge < -0.3 is 10.2 Å². The van der Waals surface area contributed by atoms with Gasteiger partial charge in [0.05, 0.1) is 17.2 Å². The fourth-order valence-corrected chi connectivity index (χ4v) is 2.13. The van der Waals surface area contributed by atoms with E-state index < -0.39 is 17.9 Å². The predicted molar refractivity (Wildman–Crippen MR) is 64.6 cm³/mol. The maximum atomic E-state index is 11.0. The second-order valence-corrected chi connectivity index (χ2v) is 4.59. The number of hydrogen-bond donors (Lipinski definition) is 2. The minimum atomic E-state index is -1.05. The zero-order valence-electron chi connectivity index (χ0n) is 10.2. The van der Waals surface area contributed by atoms with Crippen molar-refractivity contribution >= 4 is 11.9 Å². The number of rotatable bonds is 4. The molecule has 102 valence electrons. The Bertz CT molecular complexity index is 696. The van der Waals surface area contributed by atoms with E-state index in [2.05, 4.69) is 15.5 Å². The average molecular weight is 274 g/mol. The van der Waals surface area contributed by atoms with Crippen molar-refractivity contribution in [2.75, 3.05) is 0 Å². The highest BCUT2D eigenvalue weighted by Crippen LogP contribution is 2.46. The molecule has 0 amide bonds. The van der Waals surface area contributed by atoms with Gasteiger partial charge in [-0.25, -0.2) is 4.79 Å². The van der Waals surface area contributed by atoms with Crippen molar-refractivity contribution in [1.29, 1.82) is 0 Å². The Morgan fingerprint density at radius 3 is 2.75 bits per heavy atom. The minimum absolute atomic E-state index is 0.120. The number of nitrogens with zero attached hydrogens (tertiary/aromatic N) is 4. The van der Waals surface area contributed by atoms with Crippen molar-refractivity contribution in [3.8, 4) is 5.69 Å². The molecule has 8 heteroatoms. The lowest BCUT2D eigenvalue weighted by Crippen LogP contribution is -2.07. The van der Waals surface area contributed by atoms with Gasteiger partial charge in [0, 0.05) is 5.92 Å². The number of carbonyl (C=O) groups is 2. The summed E-state index contributed by atoms with van der Waals surface area (Å²) in [5.41, 5.74) is 0.621. The monoisotopic (exact) mass is 274 g/mol. The van der Waals surface area contributed by atoms with Crippen molar-refractivity contribution in [3.05, 3.63) is 35.7 Å². The molecule has 3 rings (SSSR count). The molecule has 0 spiro atoms. The van der Waals surface area contributed by atoms with Gasteiger partial charge in [0.15, 0.2) is 5.82 Å². The number of carboxylic acid groups (broad SMARTS) is 2. The number of aromatic nitrogens is 4. The van der Waals surface area contributed by atoms with Crippen LogP contribution < -0.4 is 0 Å². The molecule has 1 heterocycles. The molecule has 0 aliphatic heterocycles. The van der Waals surface area contributed by atoms with Crippen LogP contribution in [-0.2, 0) is 4.79 Å². The van der Waals surface area contributed by atoms with Gasteiger partial charge >= 0.3 is 11.9 Å². The van der Waals surface area contributed by atoms with Crippen LogP contribution in [0.5, 0.6) is 0 Å². The third kappa shape index (κ3) is 2.00. The molecule has 1 saturated carbocycles. The average Bonchev–Trinajstić information content (AvgIpc) is 3.09. The van der Waals surface area contributed by atoms with E-state index in [0.29, 0.717) is 17.9 Å². The zero-order chi connectivity index (χ0) is 14.3. The first-order valence-electron chi connectivity index (χ1n) is 5.92. The summed E-state index contributed by atoms with van der Waals surface area (Å²) in [5, 5.41) is 29.1. The molecule has 1 aliphatic rings. The van der Waals surface area contributed by atoms with Gasteiger partial charge in [-0.3, -0.25) is 4.79 Å². The van der Waals surface area contributed by atoms with E-state index in [4.69, 9.17) is 10.2 Å². The molecule has 0 radical (unpaired) electrons. The highest BCUT2D eigenvalue weighted by molar-refractivity contribution is 5.88. The summed E-state index contributed by atoms with van der Waals surface area (Å²) < 4.78 is 1.39. The second kappa shape index (κ2) is 4.41. The SMILES string of the molecule is O=C(O)c1cccc(-n2nnnc2C2CC2C(=O)O)c1. The molecule has 8 nitrogen and oxygen atoms in total. The number of hydrogen-bond acceptors (Lipinski definition) is 5. The van der Waals surface area contributed by atoms with Crippen molar-refractivity contribution in [2.45, 2.75) is 12.3 Å². The fourth-order valence-electron chi connectivity index (χ4n) is 2.13. The Morgan fingerprint density at radius 1 is 1.30 bits per heavy atom. The van der Waals surface area contributed by atoms with Crippen LogP contribution in [0.1, 0.15) is 28.5 Å². The predicted octanol–water partition coefficient (Wildman–Crippen LogP) is 0.549. The first kappa shape index (κ1) is 12.3. The Hall–Kier alpha value is -2.77. The summed E-state index contributed by atoms with van der Waals surface area (Å²) in [5.74, 6) is -2.17.